The van der Waals surface area contributed by atoms with Crippen molar-refractivity contribution in [3.8, 4) is 0 Å². The first-order valence-electron chi connectivity index (χ1n) is 1.72. The standard InChI is InChI=1S/C2H7N5.Cl2/c3-1(4)7-2(5)6;1-2/h(H7,3,4,5,6,7);. The van der Waals surface area contributed by atoms with E-state index in [2.05, 4.69) is 21.7 Å². The van der Waals surface area contributed by atoms with Crippen LogP contribution in [-0.4, -0.2) is 11.9 Å². The third-order valence-corrected chi connectivity index (χ3v) is 0.269. The van der Waals surface area contributed by atoms with Gasteiger partial charge in [0.2, 0.25) is 0 Å². The van der Waals surface area contributed by atoms with E-state index in [0.29, 0.717) is 0 Å². The molecule has 0 aliphatic rings. The maximum Gasteiger partial charge on any atom is 0.192 e. The molecule has 0 saturated carbocycles. The summed E-state index contributed by atoms with van der Waals surface area (Å²) in [4.78, 5) is 0. The normalized spacial score (nSPS) is 6.44. The Morgan fingerprint density at radius 1 is 1.11 bits per heavy atom. The predicted molar refractivity (Wildman–Crippen MR) is 38.7 cm³/mol. The second-order valence-electron chi connectivity index (χ2n) is 0.952. The van der Waals surface area contributed by atoms with Gasteiger partial charge in [0.05, 0.1) is 0 Å². The number of hydrogen-bond acceptors (Lipinski definition) is 2. The summed E-state index contributed by atoms with van der Waals surface area (Å²) in [5.74, 6) is -0.625. The van der Waals surface area contributed by atoms with Crippen LogP contribution >= 0.6 is 21.7 Å². The van der Waals surface area contributed by atoms with Crippen molar-refractivity contribution in [3.05, 3.63) is 0 Å². The number of rotatable bonds is 0. The molecule has 0 aromatic rings. The summed E-state index contributed by atoms with van der Waals surface area (Å²) in [6.07, 6.45) is 0. The molecule has 5 nitrogen and oxygen atoms in total. The summed E-state index contributed by atoms with van der Waals surface area (Å²) >= 11 is 0. The fraction of sp³-hybridized carbons (Fsp3) is 0. The first-order valence-corrected chi connectivity index (χ1v) is 2.86. The van der Waals surface area contributed by atoms with Gasteiger partial charge in [0.15, 0.2) is 11.9 Å². The van der Waals surface area contributed by atoms with E-state index in [-0.39, 0.29) is 11.9 Å². The van der Waals surface area contributed by atoms with Crippen molar-refractivity contribution in [2.75, 3.05) is 0 Å². The smallest absolute Gasteiger partial charge is 0.192 e. The Morgan fingerprint density at radius 3 is 1.33 bits per heavy atom. The van der Waals surface area contributed by atoms with Crippen LogP contribution in [0.2, 0.25) is 0 Å². The number of guanidine groups is 2. The van der Waals surface area contributed by atoms with Gasteiger partial charge in [-0.3, -0.25) is 16.1 Å². The average molecular weight is 172 g/mol. The Morgan fingerprint density at radius 2 is 1.33 bits per heavy atom. The van der Waals surface area contributed by atoms with E-state index in [1.165, 1.54) is 0 Å². The highest BCUT2D eigenvalue weighted by atomic mass is 36.5. The van der Waals surface area contributed by atoms with Crippen LogP contribution in [0.25, 0.3) is 0 Å². The van der Waals surface area contributed by atoms with Gasteiger partial charge in [-0.15, -0.1) is 0 Å². The fourth-order valence-corrected chi connectivity index (χ4v) is 0.145. The monoisotopic (exact) mass is 171 g/mol. The number of nitrogens with two attached hydrogens (primary N) is 2. The minimum Gasteiger partial charge on any atom is -0.370 e. The molecule has 0 atom stereocenters. The summed E-state index contributed by atoms with van der Waals surface area (Å²) in [5, 5.41) is 15.0. The molecule has 0 aliphatic heterocycles. The van der Waals surface area contributed by atoms with Crippen LogP contribution < -0.4 is 16.8 Å². The van der Waals surface area contributed by atoms with E-state index < -0.39 is 0 Å². The first-order chi connectivity index (χ1) is 4.13. The summed E-state index contributed by atoms with van der Waals surface area (Å²) in [5.41, 5.74) is 9.49. The van der Waals surface area contributed by atoms with Crippen molar-refractivity contribution in [3.63, 3.8) is 0 Å². The van der Waals surface area contributed by atoms with Crippen molar-refractivity contribution in [2.24, 2.45) is 11.5 Å². The van der Waals surface area contributed by atoms with Gasteiger partial charge < -0.3 is 11.5 Å². The van der Waals surface area contributed by atoms with E-state index in [0.717, 1.165) is 0 Å². The van der Waals surface area contributed by atoms with Gasteiger partial charge in [-0.05, 0) is 0 Å². The Balaban J connectivity index is 0. The van der Waals surface area contributed by atoms with E-state index in [1.807, 2.05) is 5.32 Å². The molecule has 9 heavy (non-hydrogen) atoms. The Kier molecular flexibility index (Phi) is 9.08. The third-order valence-electron chi connectivity index (χ3n) is 0.269. The topological polar surface area (TPSA) is 112 Å². The van der Waals surface area contributed by atoms with Crippen molar-refractivity contribution in [1.29, 1.82) is 10.8 Å². The van der Waals surface area contributed by atoms with Crippen LogP contribution in [0.1, 0.15) is 0 Å². The highest BCUT2D eigenvalue weighted by Gasteiger charge is 1.83. The molecule has 0 amide bonds. The molecule has 0 aromatic carbocycles. The molecule has 7 N–H and O–H groups in total. The molecule has 54 valence electrons. The quantitative estimate of drug-likeness (QED) is 0.256. The molecule has 7 heteroatoms. The zero-order valence-electron chi connectivity index (χ0n) is 4.41. The molecule has 0 unspecified atom stereocenters. The average Bonchev–Trinajstić information content (AvgIpc) is 1.68. The van der Waals surface area contributed by atoms with E-state index in [9.17, 15) is 0 Å². The molecule has 0 bridgehead atoms. The second kappa shape index (κ2) is 7.32. The molecular weight excluding hydrogens is 165 g/mol. The highest BCUT2D eigenvalue weighted by molar-refractivity contribution is 6.85. The second-order valence-corrected chi connectivity index (χ2v) is 0.952. The van der Waals surface area contributed by atoms with Gasteiger partial charge >= 0.3 is 0 Å². The number of hydrogen-bond donors (Lipinski definition) is 5. The summed E-state index contributed by atoms with van der Waals surface area (Å²) in [6, 6.07) is 0. The lowest BCUT2D eigenvalue weighted by atomic mass is 10.9. The molecule has 0 fully saturated rings. The zero-order chi connectivity index (χ0) is 7.86. The van der Waals surface area contributed by atoms with E-state index >= 15 is 0 Å². The SMILES string of the molecule is ClCl.N=C(N)NC(=N)N. The number of halogens is 2. The molecule has 0 heterocycles. The van der Waals surface area contributed by atoms with Gasteiger partial charge in [-0.25, -0.2) is 0 Å². The van der Waals surface area contributed by atoms with E-state index in [1.54, 1.807) is 0 Å². The minimum absolute atomic E-state index is 0.312. The van der Waals surface area contributed by atoms with Crippen LogP contribution in [0.3, 0.4) is 0 Å². The Hall–Kier alpha value is -0.680. The molecular formula is C2H7Cl2N5. The summed E-state index contributed by atoms with van der Waals surface area (Å²) in [6.45, 7) is 0. The van der Waals surface area contributed by atoms with Crippen molar-refractivity contribution in [2.45, 2.75) is 0 Å². The largest absolute Gasteiger partial charge is 0.370 e. The molecule has 0 rings (SSSR count). The van der Waals surface area contributed by atoms with Crippen LogP contribution in [0.5, 0.6) is 0 Å². The fourth-order valence-electron chi connectivity index (χ4n) is 0.145. The Labute approximate surface area is 61.9 Å². The van der Waals surface area contributed by atoms with Gasteiger partial charge in [0.1, 0.15) is 0 Å². The summed E-state index contributed by atoms with van der Waals surface area (Å²) in [7, 11) is 8.22. The maximum absolute atomic E-state index is 6.47. The highest BCUT2D eigenvalue weighted by Crippen LogP contribution is 1.69. The molecule has 0 saturated heterocycles. The third kappa shape index (κ3) is 18.8. The predicted octanol–water partition coefficient (Wildman–Crippen LogP) is -0.258. The molecule has 0 spiro atoms. The molecule has 0 radical (unpaired) electrons. The van der Waals surface area contributed by atoms with Gasteiger partial charge in [0, 0.05) is 21.7 Å². The van der Waals surface area contributed by atoms with Crippen LogP contribution in [0.15, 0.2) is 0 Å². The first kappa shape index (κ1) is 11.2. The van der Waals surface area contributed by atoms with Gasteiger partial charge in [0.25, 0.3) is 0 Å². The van der Waals surface area contributed by atoms with Crippen molar-refractivity contribution in [1.82, 2.24) is 5.32 Å². The Bertz CT molecular complexity index is 89.1. The zero-order valence-corrected chi connectivity index (χ0v) is 5.92. The number of nitrogens with one attached hydrogen (secondary N) is 3. The lowest BCUT2D eigenvalue weighted by Gasteiger charge is -1.95. The molecule has 0 aromatic heterocycles. The summed E-state index contributed by atoms with van der Waals surface area (Å²) < 4.78 is 0. The van der Waals surface area contributed by atoms with Gasteiger partial charge in [-0.2, -0.15) is 0 Å². The lowest BCUT2D eigenvalue weighted by molar-refractivity contribution is 1.19. The van der Waals surface area contributed by atoms with Crippen molar-refractivity contribution >= 4 is 33.6 Å². The minimum atomic E-state index is -0.312. The van der Waals surface area contributed by atoms with Gasteiger partial charge in [-0.1, -0.05) is 0 Å². The van der Waals surface area contributed by atoms with Crippen LogP contribution in [0.4, 0.5) is 0 Å². The van der Waals surface area contributed by atoms with Crippen molar-refractivity contribution < 1.29 is 0 Å². The van der Waals surface area contributed by atoms with Crippen LogP contribution in [0, 0.1) is 10.8 Å². The van der Waals surface area contributed by atoms with E-state index in [4.69, 9.17) is 22.3 Å². The molecule has 0 aliphatic carbocycles. The lowest BCUT2D eigenvalue weighted by Crippen LogP contribution is -2.39. The van der Waals surface area contributed by atoms with Crippen LogP contribution in [-0.2, 0) is 0 Å². The maximum atomic E-state index is 6.47.